The van der Waals surface area contributed by atoms with Gasteiger partial charge in [-0.1, -0.05) is 6.92 Å². The number of hydrazine groups is 1. The number of hydrogen-bond donors (Lipinski definition) is 3. The third-order valence-corrected chi connectivity index (χ3v) is 3.14. The van der Waals surface area contributed by atoms with E-state index in [1.54, 1.807) is 0 Å². The fourth-order valence-corrected chi connectivity index (χ4v) is 2.26. The fourth-order valence-electron chi connectivity index (χ4n) is 2.26. The minimum Gasteiger partial charge on any atom is -0.378 e. The highest BCUT2D eigenvalue weighted by Crippen LogP contribution is 2.14. The first-order valence-electron chi connectivity index (χ1n) is 6.65. The highest BCUT2D eigenvalue weighted by molar-refractivity contribution is 5.85. The van der Waals surface area contributed by atoms with Crippen molar-refractivity contribution in [2.24, 2.45) is 5.84 Å². The van der Waals surface area contributed by atoms with Crippen LogP contribution in [0, 0.1) is 0 Å². The summed E-state index contributed by atoms with van der Waals surface area (Å²) in [5, 5.41) is 2.85. The van der Waals surface area contributed by atoms with Crippen LogP contribution in [0.25, 0.3) is 0 Å². The maximum Gasteiger partial charge on any atom is 0.251 e. The van der Waals surface area contributed by atoms with Crippen LogP contribution in [-0.4, -0.2) is 54.6 Å². The molecule has 19 heavy (non-hydrogen) atoms. The van der Waals surface area contributed by atoms with Crippen LogP contribution >= 0.6 is 0 Å². The van der Waals surface area contributed by atoms with Crippen molar-refractivity contribution in [3.05, 3.63) is 0 Å². The van der Waals surface area contributed by atoms with E-state index >= 15 is 0 Å². The zero-order valence-electron chi connectivity index (χ0n) is 11.8. The Bertz CT molecular complexity index is 322. The number of morpholine rings is 1. The highest BCUT2D eigenvalue weighted by atomic mass is 16.5. The van der Waals surface area contributed by atoms with Crippen LogP contribution in [-0.2, 0) is 14.3 Å². The highest BCUT2D eigenvalue weighted by Gasteiger charge is 2.36. The molecule has 1 heterocycles. The van der Waals surface area contributed by atoms with Crippen molar-refractivity contribution in [3.8, 4) is 0 Å². The first kappa shape index (κ1) is 15.9. The van der Waals surface area contributed by atoms with E-state index in [4.69, 9.17) is 10.6 Å². The van der Waals surface area contributed by atoms with Crippen molar-refractivity contribution >= 4 is 11.8 Å². The summed E-state index contributed by atoms with van der Waals surface area (Å²) in [6.45, 7) is 7.05. The molecule has 110 valence electrons. The van der Waals surface area contributed by atoms with Gasteiger partial charge >= 0.3 is 0 Å². The molecule has 1 aliphatic rings. The van der Waals surface area contributed by atoms with Gasteiger partial charge in [0.2, 0.25) is 5.91 Å². The number of carbonyl (C=O) groups excluding carboxylic acids is 2. The SMILES string of the molecule is CCC(C(=O)NN)N1CCOCC1C(=O)NC(C)C. The zero-order chi connectivity index (χ0) is 14.4. The van der Waals surface area contributed by atoms with Gasteiger partial charge in [0.25, 0.3) is 5.91 Å². The Hall–Kier alpha value is -1.18. The lowest BCUT2D eigenvalue weighted by Gasteiger charge is -2.39. The van der Waals surface area contributed by atoms with Gasteiger partial charge in [0.05, 0.1) is 19.3 Å². The number of nitrogens with two attached hydrogens (primary N) is 1. The molecule has 2 amide bonds. The number of rotatable bonds is 5. The first-order chi connectivity index (χ1) is 9.01. The molecule has 0 saturated carbocycles. The van der Waals surface area contributed by atoms with E-state index in [2.05, 4.69) is 10.7 Å². The van der Waals surface area contributed by atoms with Crippen LogP contribution in [0.15, 0.2) is 0 Å². The number of ether oxygens (including phenoxy) is 1. The summed E-state index contributed by atoms with van der Waals surface area (Å²) in [7, 11) is 0. The van der Waals surface area contributed by atoms with Gasteiger partial charge in [0, 0.05) is 12.6 Å². The molecule has 0 aliphatic carbocycles. The molecule has 0 radical (unpaired) electrons. The number of carbonyl (C=O) groups is 2. The Kier molecular flexibility index (Phi) is 6.20. The molecule has 0 aromatic rings. The predicted octanol–water partition coefficient (Wildman–Crippen LogP) is -1.02. The zero-order valence-corrected chi connectivity index (χ0v) is 11.8. The number of nitrogens with one attached hydrogen (secondary N) is 2. The summed E-state index contributed by atoms with van der Waals surface area (Å²) < 4.78 is 5.36. The van der Waals surface area contributed by atoms with E-state index < -0.39 is 12.1 Å². The summed E-state index contributed by atoms with van der Waals surface area (Å²) in [4.78, 5) is 25.8. The van der Waals surface area contributed by atoms with Crippen LogP contribution in [0.4, 0.5) is 0 Å². The monoisotopic (exact) mass is 272 g/mol. The minimum atomic E-state index is -0.446. The lowest BCUT2D eigenvalue weighted by atomic mass is 10.1. The maximum atomic E-state index is 12.2. The predicted molar refractivity (Wildman–Crippen MR) is 71.0 cm³/mol. The molecule has 0 aromatic heterocycles. The van der Waals surface area contributed by atoms with E-state index in [0.29, 0.717) is 26.2 Å². The van der Waals surface area contributed by atoms with E-state index in [9.17, 15) is 9.59 Å². The van der Waals surface area contributed by atoms with Crippen molar-refractivity contribution < 1.29 is 14.3 Å². The van der Waals surface area contributed by atoms with Gasteiger partial charge in [0.15, 0.2) is 0 Å². The van der Waals surface area contributed by atoms with Crippen molar-refractivity contribution in [1.29, 1.82) is 0 Å². The average Bonchev–Trinajstić information content (AvgIpc) is 2.39. The van der Waals surface area contributed by atoms with Gasteiger partial charge in [0.1, 0.15) is 6.04 Å². The number of amides is 2. The van der Waals surface area contributed by atoms with Crippen LogP contribution in [0.3, 0.4) is 0 Å². The van der Waals surface area contributed by atoms with Crippen molar-refractivity contribution in [3.63, 3.8) is 0 Å². The summed E-state index contributed by atoms with van der Waals surface area (Å²) in [6.07, 6.45) is 0.592. The lowest BCUT2D eigenvalue weighted by Crippen LogP contribution is -2.61. The van der Waals surface area contributed by atoms with E-state index in [1.165, 1.54) is 0 Å². The van der Waals surface area contributed by atoms with Gasteiger partial charge in [-0.15, -0.1) is 0 Å². The van der Waals surface area contributed by atoms with Gasteiger partial charge < -0.3 is 10.1 Å². The largest absolute Gasteiger partial charge is 0.378 e. The van der Waals surface area contributed by atoms with Gasteiger partial charge in [-0.3, -0.25) is 19.9 Å². The van der Waals surface area contributed by atoms with Crippen LogP contribution in [0.1, 0.15) is 27.2 Å². The molecule has 1 saturated heterocycles. The Morgan fingerprint density at radius 1 is 1.47 bits per heavy atom. The molecule has 2 atom stereocenters. The summed E-state index contributed by atoms with van der Waals surface area (Å²) in [6, 6.07) is -0.796. The molecule has 0 spiro atoms. The second-order valence-corrected chi connectivity index (χ2v) is 4.92. The smallest absolute Gasteiger partial charge is 0.251 e. The first-order valence-corrected chi connectivity index (χ1v) is 6.65. The van der Waals surface area contributed by atoms with Gasteiger partial charge in [-0.2, -0.15) is 0 Å². The minimum absolute atomic E-state index is 0.0553. The van der Waals surface area contributed by atoms with Crippen LogP contribution < -0.4 is 16.6 Å². The van der Waals surface area contributed by atoms with Crippen LogP contribution in [0.5, 0.6) is 0 Å². The molecule has 7 heteroatoms. The third-order valence-electron chi connectivity index (χ3n) is 3.14. The molecule has 2 unspecified atom stereocenters. The Balaban J connectivity index is 2.81. The third kappa shape index (κ3) is 4.15. The molecule has 7 nitrogen and oxygen atoms in total. The Morgan fingerprint density at radius 2 is 2.16 bits per heavy atom. The summed E-state index contributed by atoms with van der Waals surface area (Å²) >= 11 is 0. The maximum absolute atomic E-state index is 12.2. The topological polar surface area (TPSA) is 96.7 Å². The molecule has 0 bridgehead atoms. The molecule has 1 fully saturated rings. The van der Waals surface area contributed by atoms with Crippen molar-refractivity contribution in [2.75, 3.05) is 19.8 Å². The second kappa shape index (κ2) is 7.42. The molecular formula is C12H24N4O3. The van der Waals surface area contributed by atoms with Crippen LogP contribution in [0.2, 0.25) is 0 Å². The van der Waals surface area contributed by atoms with Gasteiger partial charge in [-0.05, 0) is 20.3 Å². The standard InChI is InChI=1S/C12H24N4O3/c1-4-9(12(18)15-13)16-5-6-19-7-10(16)11(17)14-8(2)3/h8-10H,4-7,13H2,1-3H3,(H,14,17)(H,15,18). The molecule has 4 N–H and O–H groups in total. The lowest BCUT2D eigenvalue weighted by molar-refractivity contribution is -0.140. The summed E-state index contributed by atoms with van der Waals surface area (Å²) in [5.41, 5.74) is 2.16. The van der Waals surface area contributed by atoms with E-state index in [1.807, 2.05) is 25.7 Å². The Morgan fingerprint density at radius 3 is 2.68 bits per heavy atom. The number of hydrogen-bond acceptors (Lipinski definition) is 5. The fraction of sp³-hybridized carbons (Fsp3) is 0.833. The summed E-state index contributed by atoms with van der Waals surface area (Å²) in [5.74, 6) is 4.81. The average molecular weight is 272 g/mol. The van der Waals surface area contributed by atoms with Crippen molar-refractivity contribution in [2.45, 2.75) is 45.3 Å². The van der Waals surface area contributed by atoms with E-state index in [-0.39, 0.29) is 17.9 Å². The molecule has 1 aliphatic heterocycles. The van der Waals surface area contributed by atoms with Crippen molar-refractivity contribution in [1.82, 2.24) is 15.6 Å². The Labute approximate surface area is 113 Å². The number of nitrogens with zero attached hydrogens (tertiary/aromatic N) is 1. The molecule has 0 aromatic carbocycles. The molecular weight excluding hydrogens is 248 g/mol. The normalized spacial score (nSPS) is 22.1. The van der Waals surface area contributed by atoms with Gasteiger partial charge in [-0.25, -0.2) is 5.84 Å². The second-order valence-electron chi connectivity index (χ2n) is 4.92. The quantitative estimate of drug-likeness (QED) is 0.338. The molecule has 1 rings (SSSR count). The van der Waals surface area contributed by atoms with E-state index in [0.717, 1.165) is 0 Å².